The Morgan fingerprint density at radius 3 is 2.74 bits per heavy atom. The predicted molar refractivity (Wildman–Crippen MR) is 84.8 cm³/mol. The second-order valence-electron chi connectivity index (χ2n) is 5.13. The van der Waals surface area contributed by atoms with Crippen molar-refractivity contribution in [3.05, 3.63) is 53.1 Å². The average molecular weight is 253 g/mol. The van der Waals surface area contributed by atoms with E-state index in [0.29, 0.717) is 0 Å². The number of unbranched alkanes of at least 4 members (excludes halogenated alkanes) is 1. The molecule has 0 amide bonds. The van der Waals surface area contributed by atoms with Crippen LogP contribution in [0.1, 0.15) is 51.2 Å². The zero-order valence-corrected chi connectivity index (χ0v) is 12.2. The van der Waals surface area contributed by atoms with E-state index in [4.69, 9.17) is 4.99 Å². The highest BCUT2D eigenvalue weighted by Crippen LogP contribution is 2.31. The fourth-order valence-corrected chi connectivity index (χ4v) is 2.49. The van der Waals surface area contributed by atoms with Crippen molar-refractivity contribution in [2.24, 2.45) is 4.99 Å². The molecule has 0 unspecified atom stereocenters. The molecule has 0 saturated carbocycles. The van der Waals surface area contributed by atoms with Crippen LogP contribution < -0.4 is 0 Å². The van der Waals surface area contributed by atoms with Crippen molar-refractivity contribution in [3.8, 4) is 0 Å². The standard InChI is InChI=1S/C18H23N/c1-4-5-13-19-15(3)17-10-6-7-11-18(17)16-12-8-9-14(16)2/h6-11H,4-5,12-13H2,1-3H3. The lowest BCUT2D eigenvalue weighted by molar-refractivity contribution is 0.808. The molecule has 1 nitrogen and oxygen atoms in total. The largest absolute Gasteiger partial charge is 0.289 e. The van der Waals surface area contributed by atoms with Gasteiger partial charge in [0.2, 0.25) is 0 Å². The molecule has 0 atom stereocenters. The SMILES string of the molecule is CCCCN=C(C)c1ccccc1C1=C(C)C=CC1. The second kappa shape index (κ2) is 6.51. The monoisotopic (exact) mass is 253 g/mol. The zero-order valence-electron chi connectivity index (χ0n) is 12.2. The molecule has 0 saturated heterocycles. The van der Waals surface area contributed by atoms with Crippen LogP contribution in [0.15, 0.2) is 47.0 Å². The number of rotatable bonds is 5. The summed E-state index contributed by atoms with van der Waals surface area (Å²) in [6.45, 7) is 7.47. The lowest BCUT2D eigenvalue weighted by Crippen LogP contribution is -2.02. The molecule has 2 rings (SSSR count). The summed E-state index contributed by atoms with van der Waals surface area (Å²) < 4.78 is 0. The first-order valence-electron chi connectivity index (χ1n) is 7.21. The molecular weight excluding hydrogens is 230 g/mol. The molecule has 19 heavy (non-hydrogen) atoms. The molecule has 1 aliphatic carbocycles. The lowest BCUT2D eigenvalue weighted by Gasteiger charge is -2.12. The van der Waals surface area contributed by atoms with Crippen LogP contribution in [0, 0.1) is 0 Å². The maximum atomic E-state index is 4.71. The van der Waals surface area contributed by atoms with Gasteiger partial charge in [0.1, 0.15) is 0 Å². The average Bonchev–Trinajstić information content (AvgIpc) is 2.85. The van der Waals surface area contributed by atoms with E-state index in [0.717, 1.165) is 18.7 Å². The van der Waals surface area contributed by atoms with E-state index in [9.17, 15) is 0 Å². The van der Waals surface area contributed by atoms with Gasteiger partial charge < -0.3 is 0 Å². The molecule has 0 aromatic heterocycles. The van der Waals surface area contributed by atoms with Crippen molar-refractivity contribution in [1.29, 1.82) is 0 Å². The van der Waals surface area contributed by atoms with Crippen LogP contribution in [0.2, 0.25) is 0 Å². The smallest absolute Gasteiger partial charge is 0.0395 e. The van der Waals surface area contributed by atoms with Gasteiger partial charge >= 0.3 is 0 Å². The first kappa shape index (κ1) is 13.8. The van der Waals surface area contributed by atoms with Crippen LogP contribution in [0.3, 0.4) is 0 Å². The molecule has 0 aliphatic heterocycles. The second-order valence-corrected chi connectivity index (χ2v) is 5.13. The Morgan fingerprint density at radius 2 is 2.05 bits per heavy atom. The summed E-state index contributed by atoms with van der Waals surface area (Å²) >= 11 is 0. The van der Waals surface area contributed by atoms with E-state index in [1.165, 1.54) is 35.1 Å². The minimum Gasteiger partial charge on any atom is -0.289 e. The van der Waals surface area contributed by atoms with E-state index < -0.39 is 0 Å². The Labute approximate surface area is 116 Å². The van der Waals surface area contributed by atoms with Crippen molar-refractivity contribution in [2.45, 2.75) is 40.0 Å². The number of benzene rings is 1. The maximum Gasteiger partial charge on any atom is 0.0395 e. The fraction of sp³-hybridized carbons (Fsp3) is 0.389. The number of hydrogen-bond donors (Lipinski definition) is 0. The van der Waals surface area contributed by atoms with Crippen LogP contribution >= 0.6 is 0 Å². The molecule has 1 aliphatic rings. The van der Waals surface area contributed by atoms with Gasteiger partial charge in [-0.05, 0) is 43.4 Å². The van der Waals surface area contributed by atoms with Crippen molar-refractivity contribution in [3.63, 3.8) is 0 Å². The van der Waals surface area contributed by atoms with E-state index >= 15 is 0 Å². The molecule has 1 aromatic carbocycles. The predicted octanol–water partition coefficient (Wildman–Crippen LogP) is 5.03. The van der Waals surface area contributed by atoms with Gasteiger partial charge in [-0.25, -0.2) is 0 Å². The summed E-state index contributed by atoms with van der Waals surface area (Å²) in [6, 6.07) is 8.64. The molecule has 1 aromatic rings. The van der Waals surface area contributed by atoms with Gasteiger partial charge in [0.05, 0.1) is 0 Å². The molecule has 0 N–H and O–H groups in total. The molecular formula is C18H23N. The molecule has 1 heteroatoms. The maximum absolute atomic E-state index is 4.71. The van der Waals surface area contributed by atoms with E-state index in [2.05, 4.69) is 57.2 Å². The third kappa shape index (κ3) is 3.23. The molecule has 0 spiro atoms. The lowest BCUT2D eigenvalue weighted by atomic mass is 9.94. The summed E-state index contributed by atoms with van der Waals surface area (Å²) in [7, 11) is 0. The van der Waals surface area contributed by atoms with Gasteiger partial charge in [-0.1, -0.05) is 49.8 Å². The van der Waals surface area contributed by atoms with Gasteiger partial charge in [-0.3, -0.25) is 4.99 Å². The number of aliphatic imine (C=N–C) groups is 1. The zero-order chi connectivity index (χ0) is 13.7. The number of nitrogens with zero attached hydrogens (tertiary/aromatic N) is 1. The Balaban J connectivity index is 2.32. The Hall–Kier alpha value is -1.63. The van der Waals surface area contributed by atoms with Gasteiger partial charge in [-0.15, -0.1) is 0 Å². The highest BCUT2D eigenvalue weighted by molar-refractivity contribution is 6.03. The first-order chi connectivity index (χ1) is 9.24. The molecule has 0 radical (unpaired) electrons. The third-order valence-corrected chi connectivity index (χ3v) is 3.67. The van der Waals surface area contributed by atoms with E-state index in [1.54, 1.807) is 0 Å². The molecule has 0 fully saturated rings. The van der Waals surface area contributed by atoms with Crippen LogP contribution in [0.5, 0.6) is 0 Å². The minimum atomic E-state index is 0.937. The summed E-state index contributed by atoms with van der Waals surface area (Å²) in [5.74, 6) is 0. The summed E-state index contributed by atoms with van der Waals surface area (Å²) in [6.07, 6.45) is 7.88. The normalized spacial score (nSPS) is 15.4. The van der Waals surface area contributed by atoms with Crippen molar-refractivity contribution < 1.29 is 0 Å². The van der Waals surface area contributed by atoms with Crippen molar-refractivity contribution >= 4 is 11.3 Å². The highest BCUT2D eigenvalue weighted by Gasteiger charge is 2.13. The topological polar surface area (TPSA) is 12.4 Å². The number of allylic oxidation sites excluding steroid dienone is 4. The Morgan fingerprint density at radius 1 is 1.26 bits per heavy atom. The van der Waals surface area contributed by atoms with E-state index in [-0.39, 0.29) is 0 Å². The Bertz CT molecular complexity index is 532. The fourth-order valence-electron chi connectivity index (χ4n) is 2.49. The van der Waals surface area contributed by atoms with Crippen LogP contribution in [0.4, 0.5) is 0 Å². The molecule has 0 heterocycles. The third-order valence-electron chi connectivity index (χ3n) is 3.67. The van der Waals surface area contributed by atoms with Crippen molar-refractivity contribution in [2.75, 3.05) is 6.54 Å². The van der Waals surface area contributed by atoms with Crippen LogP contribution in [0.25, 0.3) is 5.57 Å². The first-order valence-corrected chi connectivity index (χ1v) is 7.21. The van der Waals surface area contributed by atoms with E-state index in [1.807, 2.05) is 0 Å². The van der Waals surface area contributed by atoms with Crippen LogP contribution in [-0.2, 0) is 0 Å². The summed E-state index contributed by atoms with van der Waals surface area (Å²) in [5, 5.41) is 0. The van der Waals surface area contributed by atoms with Gasteiger partial charge in [0.15, 0.2) is 0 Å². The quantitative estimate of drug-likeness (QED) is 0.515. The Kier molecular flexibility index (Phi) is 4.73. The number of hydrogen-bond acceptors (Lipinski definition) is 1. The highest BCUT2D eigenvalue weighted by atomic mass is 14.7. The summed E-state index contributed by atoms with van der Waals surface area (Å²) in [5.41, 5.74) is 6.63. The molecule has 100 valence electrons. The summed E-state index contributed by atoms with van der Waals surface area (Å²) in [4.78, 5) is 4.71. The van der Waals surface area contributed by atoms with Gasteiger partial charge in [-0.2, -0.15) is 0 Å². The van der Waals surface area contributed by atoms with Crippen LogP contribution in [-0.4, -0.2) is 12.3 Å². The van der Waals surface area contributed by atoms with Gasteiger partial charge in [0, 0.05) is 17.8 Å². The van der Waals surface area contributed by atoms with Crippen molar-refractivity contribution in [1.82, 2.24) is 0 Å². The van der Waals surface area contributed by atoms with Gasteiger partial charge in [0.25, 0.3) is 0 Å². The molecule has 0 bridgehead atoms. The minimum absolute atomic E-state index is 0.937.